The molecule has 1 aromatic carbocycles. The number of benzene rings is 1. The third-order valence-electron chi connectivity index (χ3n) is 2.17. The number of nitrogens with zero attached hydrogens (tertiary/aromatic N) is 2. The first kappa shape index (κ1) is 12.3. The Hall–Kier alpha value is -2.12. The molecule has 96 valence electrons. The van der Waals surface area contributed by atoms with Gasteiger partial charge in [0.15, 0.2) is 0 Å². The standard InChI is InChI=1S/C10H7F4N3O/c1-15-9-16-8(17-18-9)6-3-2-5(11)4-7(6)10(12,13)14/h2-4H,1H3,(H,15,16,17). The first-order valence-electron chi connectivity index (χ1n) is 4.80. The number of hydrogen-bond donors (Lipinski definition) is 1. The summed E-state index contributed by atoms with van der Waals surface area (Å²) in [5.41, 5.74) is -1.49. The number of anilines is 1. The van der Waals surface area contributed by atoms with Crippen molar-refractivity contribution in [3.8, 4) is 11.4 Å². The van der Waals surface area contributed by atoms with Crippen LogP contribution in [0.4, 0.5) is 23.6 Å². The molecule has 1 N–H and O–H groups in total. The van der Waals surface area contributed by atoms with Crippen molar-refractivity contribution in [1.82, 2.24) is 10.1 Å². The predicted octanol–water partition coefficient (Wildman–Crippen LogP) is 2.94. The van der Waals surface area contributed by atoms with E-state index < -0.39 is 17.6 Å². The first-order chi connectivity index (χ1) is 8.41. The fourth-order valence-corrected chi connectivity index (χ4v) is 1.38. The maximum atomic E-state index is 12.9. The molecule has 8 heteroatoms. The Morgan fingerprint density at radius 2 is 2.00 bits per heavy atom. The maximum absolute atomic E-state index is 12.9. The van der Waals surface area contributed by atoms with Crippen LogP contribution in [-0.4, -0.2) is 17.2 Å². The molecule has 1 aromatic heterocycles. The van der Waals surface area contributed by atoms with E-state index in [4.69, 9.17) is 0 Å². The summed E-state index contributed by atoms with van der Waals surface area (Å²) in [5, 5.41) is 5.88. The second-order valence-corrected chi connectivity index (χ2v) is 3.36. The summed E-state index contributed by atoms with van der Waals surface area (Å²) in [6.45, 7) is 0. The molecule has 0 aliphatic rings. The molecule has 0 saturated heterocycles. The Morgan fingerprint density at radius 3 is 2.56 bits per heavy atom. The summed E-state index contributed by atoms with van der Waals surface area (Å²) in [5.74, 6) is -1.24. The SMILES string of the molecule is CNc1nc(-c2ccc(F)cc2C(F)(F)F)no1. The van der Waals surface area contributed by atoms with Gasteiger partial charge in [-0.25, -0.2) is 4.39 Å². The minimum atomic E-state index is -4.70. The minimum Gasteiger partial charge on any atom is -0.341 e. The summed E-state index contributed by atoms with van der Waals surface area (Å²) >= 11 is 0. The average Bonchev–Trinajstić information content (AvgIpc) is 2.76. The van der Waals surface area contributed by atoms with Crippen molar-refractivity contribution in [1.29, 1.82) is 0 Å². The molecule has 0 amide bonds. The molecule has 2 rings (SSSR count). The molecule has 18 heavy (non-hydrogen) atoms. The quantitative estimate of drug-likeness (QED) is 0.844. The van der Waals surface area contributed by atoms with E-state index in [1.165, 1.54) is 7.05 Å². The van der Waals surface area contributed by atoms with Gasteiger partial charge in [-0.2, -0.15) is 18.2 Å². The van der Waals surface area contributed by atoms with Crippen LogP contribution in [0.25, 0.3) is 11.4 Å². The van der Waals surface area contributed by atoms with E-state index in [1.807, 2.05) is 0 Å². The summed E-state index contributed by atoms with van der Waals surface area (Å²) in [6.07, 6.45) is -4.70. The molecule has 0 aliphatic carbocycles. The lowest BCUT2D eigenvalue weighted by molar-refractivity contribution is -0.137. The Morgan fingerprint density at radius 1 is 1.28 bits per heavy atom. The van der Waals surface area contributed by atoms with Gasteiger partial charge in [0.05, 0.1) is 5.56 Å². The summed E-state index contributed by atoms with van der Waals surface area (Å²) in [7, 11) is 1.48. The van der Waals surface area contributed by atoms with Crippen molar-refractivity contribution in [2.24, 2.45) is 0 Å². The first-order valence-corrected chi connectivity index (χ1v) is 4.80. The van der Waals surface area contributed by atoms with Crippen LogP contribution in [0, 0.1) is 5.82 Å². The zero-order valence-electron chi connectivity index (χ0n) is 9.05. The summed E-state index contributed by atoms with van der Waals surface area (Å²) in [6, 6.07) is 2.23. The number of halogens is 4. The third kappa shape index (κ3) is 2.27. The number of rotatable bonds is 2. The average molecular weight is 261 g/mol. The minimum absolute atomic E-state index is 0.0255. The van der Waals surface area contributed by atoms with Gasteiger partial charge in [0, 0.05) is 12.6 Å². The van der Waals surface area contributed by atoms with Crippen molar-refractivity contribution < 1.29 is 22.1 Å². The van der Waals surface area contributed by atoms with Crippen molar-refractivity contribution >= 4 is 6.01 Å². The van der Waals surface area contributed by atoms with Gasteiger partial charge < -0.3 is 9.84 Å². The van der Waals surface area contributed by atoms with Crippen LogP contribution < -0.4 is 5.32 Å². The van der Waals surface area contributed by atoms with Gasteiger partial charge in [0.1, 0.15) is 5.82 Å². The lowest BCUT2D eigenvalue weighted by Crippen LogP contribution is -2.08. The third-order valence-corrected chi connectivity index (χ3v) is 2.17. The van der Waals surface area contributed by atoms with Gasteiger partial charge in [-0.15, -0.1) is 0 Å². The molecule has 0 fully saturated rings. The smallest absolute Gasteiger partial charge is 0.341 e. The monoisotopic (exact) mass is 261 g/mol. The zero-order valence-corrected chi connectivity index (χ0v) is 9.05. The molecule has 0 radical (unpaired) electrons. The summed E-state index contributed by atoms with van der Waals surface area (Å²) < 4.78 is 55.7. The van der Waals surface area contributed by atoms with E-state index in [0.29, 0.717) is 6.07 Å². The number of hydrogen-bond acceptors (Lipinski definition) is 4. The Kier molecular flexibility index (Phi) is 2.93. The highest BCUT2D eigenvalue weighted by Gasteiger charge is 2.35. The van der Waals surface area contributed by atoms with E-state index in [9.17, 15) is 17.6 Å². The molecule has 4 nitrogen and oxygen atoms in total. The predicted molar refractivity (Wildman–Crippen MR) is 54.2 cm³/mol. The Labute approximate surface area is 98.6 Å². The molecule has 0 spiro atoms. The molecular weight excluding hydrogens is 254 g/mol. The largest absolute Gasteiger partial charge is 0.417 e. The maximum Gasteiger partial charge on any atom is 0.417 e. The zero-order chi connectivity index (χ0) is 13.3. The highest BCUT2D eigenvalue weighted by atomic mass is 19.4. The van der Waals surface area contributed by atoms with Gasteiger partial charge in [0.2, 0.25) is 5.82 Å². The number of alkyl halides is 3. The van der Waals surface area contributed by atoms with E-state index in [2.05, 4.69) is 20.0 Å². The second kappa shape index (κ2) is 4.28. The lowest BCUT2D eigenvalue weighted by Gasteiger charge is -2.10. The normalized spacial score (nSPS) is 11.6. The van der Waals surface area contributed by atoms with Gasteiger partial charge in [-0.05, 0) is 18.2 Å². The topological polar surface area (TPSA) is 51.0 Å². The van der Waals surface area contributed by atoms with Crippen molar-refractivity contribution in [3.63, 3.8) is 0 Å². The Bertz CT molecular complexity index is 564. The van der Waals surface area contributed by atoms with Gasteiger partial charge in [-0.3, -0.25) is 0 Å². The fourth-order valence-electron chi connectivity index (χ4n) is 1.38. The molecule has 1 heterocycles. The van der Waals surface area contributed by atoms with Gasteiger partial charge in [0.25, 0.3) is 0 Å². The molecule has 0 aliphatic heterocycles. The van der Waals surface area contributed by atoms with E-state index in [-0.39, 0.29) is 17.4 Å². The molecule has 0 saturated carbocycles. The van der Waals surface area contributed by atoms with E-state index >= 15 is 0 Å². The highest BCUT2D eigenvalue weighted by molar-refractivity contribution is 5.61. The van der Waals surface area contributed by atoms with Crippen molar-refractivity contribution in [3.05, 3.63) is 29.6 Å². The van der Waals surface area contributed by atoms with E-state index in [1.54, 1.807) is 0 Å². The Balaban J connectivity index is 2.56. The second-order valence-electron chi connectivity index (χ2n) is 3.36. The highest BCUT2D eigenvalue weighted by Crippen LogP contribution is 2.36. The van der Waals surface area contributed by atoms with Crippen LogP contribution in [0.2, 0.25) is 0 Å². The molecule has 0 bridgehead atoms. The van der Waals surface area contributed by atoms with Crippen LogP contribution >= 0.6 is 0 Å². The van der Waals surface area contributed by atoms with Crippen LogP contribution in [0.3, 0.4) is 0 Å². The number of nitrogens with one attached hydrogen (secondary N) is 1. The van der Waals surface area contributed by atoms with Crippen LogP contribution in [-0.2, 0) is 6.18 Å². The van der Waals surface area contributed by atoms with Crippen molar-refractivity contribution in [2.45, 2.75) is 6.18 Å². The molecule has 2 aromatic rings. The number of aromatic nitrogens is 2. The van der Waals surface area contributed by atoms with Gasteiger partial charge >= 0.3 is 12.2 Å². The van der Waals surface area contributed by atoms with Crippen LogP contribution in [0.1, 0.15) is 5.56 Å². The van der Waals surface area contributed by atoms with E-state index in [0.717, 1.165) is 12.1 Å². The van der Waals surface area contributed by atoms with Crippen LogP contribution in [0.5, 0.6) is 0 Å². The molecular formula is C10H7F4N3O. The lowest BCUT2D eigenvalue weighted by atomic mass is 10.1. The molecule has 0 unspecified atom stereocenters. The van der Waals surface area contributed by atoms with Crippen LogP contribution in [0.15, 0.2) is 22.7 Å². The summed E-state index contributed by atoms with van der Waals surface area (Å²) in [4.78, 5) is 3.69. The fraction of sp³-hybridized carbons (Fsp3) is 0.200. The van der Waals surface area contributed by atoms with Gasteiger partial charge in [-0.1, -0.05) is 5.16 Å². The van der Waals surface area contributed by atoms with Crippen molar-refractivity contribution in [2.75, 3.05) is 12.4 Å². The molecule has 0 atom stereocenters.